The zero-order chi connectivity index (χ0) is 19.3. The van der Waals surface area contributed by atoms with Crippen LogP contribution in [-0.2, 0) is 13.0 Å². The van der Waals surface area contributed by atoms with Crippen molar-refractivity contribution >= 4 is 5.65 Å². The Labute approximate surface area is 162 Å². The average molecular weight is 377 g/mol. The minimum absolute atomic E-state index is 0.259. The number of aromatic nitrogens is 4. The van der Waals surface area contributed by atoms with Gasteiger partial charge in [-0.25, -0.2) is 4.39 Å². The highest BCUT2D eigenvalue weighted by Crippen LogP contribution is 2.22. The van der Waals surface area contributed by atoms with E-state index < -0.39 is 0 Å². The van der Waals surface area contributed by atoms with Crippen molar-refractivity contribution in [2.75, 3.05) is 13.7 Å². The Bertz CT molecular complexity index is 1080. The molecule has 0 radical (unpaired) electrons. The van der Waals surface area contributed by atoms with Crippen LogP contribution in [0, 0.1) is 5.82 Å². The first-order valence-electron chi connectivity index (χ1n) is 9.04. The van der Waals surface area contributed by atoms with Gasteiger partial charge in [-0.05, 0) is 58.8 Å². The molecule has 0 bridgehead atoms. The van der Waals surface area contributed by atoms with Crippen LogP contribution < -0.4 is 10.1 Å². The lowest BCUT2D eigenvalue weighted by Gasteiger charge is -2.10. The Morgan fingerprint density at radius 1 is 1.04 bits per heavy atom. The average Bonchev–Trinajstić information content (AvgIpc) is 3.21. The lowest BCUT2D eigenvalue weighted by Crippen LogP contribution is -2.17. The third-order valence-electron chi connectivity index (χ3n) is 4.63. The summed E-state index contributed by atoms with van der Waals surface area (Å²) in [5, 5.41) is 15.3. The van der Waals surface area contributed by atoms with Crippen molar-refractivity contribution in [2.24, 2.45) is 0 Å². The molecule has 0 fully saturated rings. The van der Waals surface area contributed by atoms with E-state index in [0.29, 0.717) is 12.2 Å². The number of halogens is 1. The summed E-state index contributed by atoms with van der Waals surface area (Å²) in [7, 11) is 1.68. The van der Waals surface area contributed by atoms with Gasteiger partial charge in [-0.1, -0.05) is 30.3 Å². The molecule has 7 heteroatoms. The summed E-state index contributed by atoms with van der Waals surface area (Å²) < 4.78 is 20.3. The number of nitrogens with one attached hydrogen (secondary N) is 1. The Kier molecular flexibility index (Phi) is 5.25. The van der Waals surface area contributed by atoms with Crippen molar-refractivity contribution in [2.45, 2.75) is 13.0 Å². The summed E-state index contributed by atoms with van der Waals surface area (Å²) in [4.78, 5) is 0. The third-order valence-corrected chi connectivity index (χ3v) is 4.63. The van der Waals surface area contributed by atoms with E-state index in [9.17, 15) is 4.39 Å². The van der Waals surface area contributed by atoms with E-state index in [1.54, 1.807) is 23.8 Å². The fraction of sp³-hybridized carbons (Fsp3) is 0.190. The zero-order valence-electron chi connectivity index (χ0n) is 15.5. The van der Waals surface area contributed by atoms with Gasteiger partial charge in [-0.3, -0.25) is 0 Å². The Balaban J connectivity index is 1.50. The van der Waals surface area contributed by atoms with Gasteiger partial charge in [0.1, 0.15) is 11.6 Å². The van der Waals surface area contributed by atoms with E-state index in [1.807, 2.05) is 30.5 Å². The molecule has 4 aromatic rings. The summed E-state index contributed by atoms with van der Waals surface area (Å²) >= 11 is 0. The van der Waals surface area contributed by atoms with Crippen molar-refractivity contribution in [1.82, 2.24) is 25.4 Å². The molecule has 0 saturated heterocycles. The summed E-state index contributed by atoms with van der Waals surface area (Å²) in [6.45, 7) is 1.41. The fourth-order valence-electron chi connectivity index (χ4n) is 3.20. The molecule has 2 aromatic carbocycles. The molecule has 0 atom stereocenters. The third kappa shape index (κ3) is 3.84. The van der Waals surface area contributed by atoms with Crippen LogP contribution in [-0.4, -0.2) is 33.7 Å². The van der Waals surface area contributed by atoms with Gasteiger partial charge >= 0.3 is 0 Å². The number of methoxy groups -OCH3 is 1. The number of pyridine rings is 1. The standard InChI is InChI=1S/C21H20FN5O/c1-28-20-5-3-2-4-16(20)10-11-23-13-17-12-18(14-27-21(17)24-25-26-27)15-6-8-19(22)9-7-15/h2-9,12,14,23H,10-11,13H2,1H3. The fourth-order valence-corrected chi connectivity index (χ4v) is 3.20. The van der Waals surface area contributed by atoms with Crippen molar-refractivity contribution in [3.63, 3.8) is 0 Å². The van der Waals surface area contributed by atoms with Crippen LogP contribution in [0.3, 0.4) is 0 Å². The maximum Gasteiger partial charge on any atom is 0.183 e. The minimum atomic E-state index is -0.259. The van der Waals surface area contributed by atoms with Gasteiger partial charge in [0.25, 0.3) is 0 Å². The van der Waals surface area contributed by atoms with Crippen molar-refractivity contribution in [1.29, 1.82) is 0 Å². The number of para-hydroxylation sites is 1. The van der Waals surface area contributed by atoms with Crippen molar-refractivity contribution in [3.05, 3.63) is 77.7 Å². The second kappa shape index (κ2) is 8.14. The van der Waals surface area contributed by atoms with Crippen LogP contribution in [0.2, 0.25) is 0 Å². The first kappa shape index (κ1) is 18.1. The van der Waals surface area contributed by atoms with E-state index in [1.165, 1.54) is 12.1 Å². The molecule has 1 N–H and O–H groups in total. The minimum Gasteiger partial charge on any atom is -0.496 e. The smallest absolute Gasteiger partial charge is 0.183 e. The molecule has 0 unspecified atom stereocenters. The molecule has 142 valence electrons. The first-order valence-corrected chi connectivity index (χ1v) is 9.04. The van der Waals surface area contributed by atoms with Gasteiger partial charge in [0.2, 0.25) is 0 Å². The van der Waals surface area contributed by atoms with Crippen molar-refractivity contribution in [3.8, 4) is 16.9 Å². The highest BCUT2D eigenvalue weighted by molar-refractivity contribution is 5.66. The number of fused-ring (bicyclic) bond motifs is 1. The van der Waals surface area contributed by atoms with E-state index in [-0.39, 0.29) is 5.82 Å². The van der Waals surface area contributed by atoms with Gasteiger partial charge in [-0.15, -0.1) is 5.10 Å². The van der Waals surface area contributed by atoms with E-state index in [4.69, 9.17) is 4.74 Å². The lowest BCUT2D eigenvalue weighted by atomic mass is 10.1. The number of hydrogen-bond donors (Lipinski definition) is 1. The normalized spacial score (nSPS) is 11.1. The van der Waals surface area contributed by atoms with Crippen LogP contribution in [0.15, 0.2) is 60.8 Å². The highest BCUT2D eigenvalue weighted by Gasteiger charge is 2.09. The summed E-state index contributed by atoms with van der Waals surface area (Å²) in [5.74, 6) is 0.636. The molecule has 4 rings (SSSR count). The number of hydrogen-bond acceptors (Lipinski definition) is 5. The molecule has 0 spiro atoms. The van der Waals surface area contributed by atoms with Gasteiger partial charge in [0.05, 0.1) is 7.11 Å². The highest BCUT2D eigenvalue weighted by atomic mass is 19.1. The zero-order valence-corrected chi connectivity index (χ0v) is 15.5. The molecule has 28 heavy (non-hydrogen) atoms. The Morgan fingerprint density at radius 3 is 2.68 bits per heavy atom. The number of ether oxygens (including phenoxy) is 1. The van der Waals surface area contributed by atoms with Crippen LogP contribution in [0.4, 0.5) is 4.39 Å². The molecule has 2 heterocycles. The predicted molar refractivity (Wildman–Crippen MR) is 105 cm³/mol. The van der Waals surface area contributed by atoms with Crippen LogP contribution in [0.25, 0.3) is 16.8 Å². The number of nitrogens with zero attached hydrogens (tertiary/aromatic N) is 4. The number of benzene rings is 2. The lowest BCUT2D eigenvalue weighted by molar-refractivity contribution is 0.409. The van der Waals surface area contributed by atoms with E-state index in [0.717, 1.165) is 41.0 Å². The molecular weight excluding hydrogens is 357 g/mol. The summed E-state index contributed by atoms with van der Waals surface area (Å²) in [6.07, 6.45) is 2.70. The molecule has 0 aliphatic rings. The maximum atomic E-state index is 13.2. The predicted octanol–water partition coefficient (Wildman–Crippen LogP) is 3.27. The molecular formula is C21H20FN5O. The molecule has 0 amide bonds. The summed E-state index contributed by atoms with van der Waals surface area (Å²) in [5.41, 5.74) is 4.68. The van der Waals surface area contributed by atoms with Gasteiger partial charge in [0.15, 0.2) is 5.65 Å². The van der Waals surface area contributed by atoms with E-state index >= 15 is 0 Å². The largest absolute Gasteiger partial charge is 0.496 e. The monoisotopic (exact) mass is 377 g/mol. The molecule has 0 aliphatic heterocycles. The molecule has 0 saturated carbocycles. The second-order valence-electron chi connectivity index (χ2n) is 6.45. The quantitative estimate of drug-likeness (QED) is 0.501. The van der Waals surface area contributed by atoms with Crippen molar-refractivity contribution < 1.29 is 9.13 Å². The Hall–Kier alpha value is -3.32. The topological polar surface area (TPSA) is 64.3 Å². The SMILES string of the molecule is COc1ccccc1CCNCc1cc(-c2ccc(F)cc2)cn2nnnc12. The summed E-state index contributed by atoms with van der Waals surface area (Å²) in [6, 6.07) is 16.4. The second-order valence-corrected chi connectivity index (χ2v) is 6.45. The van der Waals surface area contributed by atoms with Crippen LogP contribution >= 0.6 is 0 Å². The molecule has 0 aliphatic carbocycles. The van der Waals surface area contributed by atoms with Crippen LogP contribution in [0.5, 0.6) is 5.75 Å². The van der Waals surface area contributed by atoms with Gasteiger partial charge in [0, 0.05) is 23.9 Å². The maximum absolute atomic E-state index is 13.2. The molecule has 6 nitrogen and oxygen atoms in total. The molecule has 2 aromatic heterocycles. The first-order chi connectivity index (χ1) is 13.7. The Morgan fingerprint density at radius 2 is 1.86 bits per heavy atom. The van der Waals surface area contributed by atoms with E-state index in [2.05, 4.69) is 26.9 Å². The van der Waals surface area contributed by atoms with Gasteiger partial charge in [-0.2, -0.15) is 4.52 Å². The number of rotatable bonds is 7. The van der Waals surface area contributed by atoms with Crippen LogP contribution in [0.1, 0.15) is 11.1 Å². The number of tetrazole rings is 1. The van der Waals surface area contributed by atoms with Gasteiger partial charge < -0.3 is 10.1 Å².